The van der Waals surface area contributed by atoms with Gasteiger partial charge in [0.2, 0.25) is 10.0 Å². The lowest BCUT2D eigenvalue weighted by molar-refractivity contribution is 0.305. The molecule has 1 aliphatic heterocycles. The van der Waals surface area contributed by atoms with Gasteiger partial charge in [-0.05, 0) is 37.0 Å². The molecule has 0 aliphatic carbocycles. The number of hydrogen-bond acceptors (Lipinski definition) is 3. The van der Waals surface area contributed by atoms with Crippen LogP contribution in [0.25, 0.3) is 0 Å². The second-order valence-electron chi connectivity index (χ2n) is 5.23. The number of benzene rings is 1. The molecule has 20 heavy (non-hydrogen) atoms. The number of piperidine rings is 1. The van der Waals surface area contributed by atoms with E-state index in [1.165, 1.54) is 4.31 Å². The van der Waals surface area contributed by atoms with E-state index >= 15 is 0 Å². The number of sulfonamides is 1. The average Bonchev–Trinajstić information content (AvgIpc) is 2.48. The standard InChI is InChI=1S/C15H20N2O2S/c1-2-4-13-6-8-15(9-7-13)20(18,19)17-10-3-5-14(11-16)12-17/h6-9,14H,2-5,10,12H2,1H3. The zero-order valence-electron chi connectivity index (χ0n) is 11.7. The van der Waals surface area contributed by atoms with E-state index in [0.717, 1.165) is 31.2 Å². The van der Waals surface area contributed by atoms with E-state index in [0.29, 0.717) is 18.0 Å². The average molecular weight is 292 g/mol. The molecule has 0 bridgehead atoms. The van der Waals surface area contributed by atoms with E-state index in [2.05, 4.69) is 13.0 Å². The number of nitriles is 1. The molecule has 0 radical (unpaired) electrons. The predicted molar refractivity (Wildman–Crippen MR) is 77.5 cm³/mol. The van der Waals surface area contributed by atoms with Crippen molar-refractivity contribution >= 4 is 10.0 Å². The van der Waals surface area contributed by atoms with Crippen LogP contribution >= 0.6 is 0 Å². The maximum absolute atomic E-state index is 12.5. The summed E-state index contributed by atoms with van der Waals surface area (Å²) in [5.41, 5.74) is 1.15. The SMILES string of the molecule is CCCc1ccc(S(=O)(=O)N2CCCC(C#N)C2)cc1. The van der Waals surface area contributed by atoms with Gasteiger partial charge in [0.15, 0.2) is 0 Å². The molecule has 0 spiro atoms. The third kappa shape index (κ3) is 3.20. The molecule has 1 heterocycles. The summed E-state index contributed by atoms with van der Waals surface area (Å²) in [5, 5.41) is 8.97. The first-order valence-electron chi connectivity index (χ1n) is 7.06. The fourth-order valence-electron chi connectivity index (χ4n) is 2.53. The summed E-state index contributed by atoms with van der Waals surface area (Å²) in [6.45, 7) is 2.92. The fourth-order valence-corrected chi connectivity index (χ4v) is 4.06. The molecule has 1 aromatic carbocycles. The van der Waals surface area contributed by atoms with Gasteiger partial charge < -0.3 is 0 Å². The van der Waals surface area contributed by atoms with Crippen molar-refractivity contribution < 1.29 is 8.42 Å². The van der Waals surface area contributed by atoms with Gasteiger partial charge in [0.1, 0.15) is 0 Å². The van der Waals surface area contributed by atoms with Crippen LogP contribution in [0, 0.1) is 17.2 Å². The lowest BCUT2D eigenvalue weighted by Crippen LogP contribution is -2.39. The molecule has 0 amide bonds. The number of hydrogen-bond donors (Lipinski definition) is 0. The van der Waals surface area contributed by atoms with Crippen LogP contribution < -0.4 is 0 Å². The van der Waals surface area contributed by atoms with Crippen molar-refractivity contribution in [2.24, 2.45) is 5.92 Å². The summed E-state index contributed by atoms with van der Waals surface area (Å²) in [5.74, 6) is -0.183. The molecule has 1 saturated heterocycles. The normalized spacial score (nSPS) is 20.5. The topological polar surface area (TPSA) is 61.2 Å². The minimum atomic E-state index is -3.45. The van der Waals surface area contributed by atoms with Crippen LogP contribution in [-0.2, 0) is 16.4 Å². The number of aryl methyl sites for hydroxylation is 1. The van der Waals surface area contributed by atoms with Gasteiger partial charge in [0, 0.05) is 13.1 Å². The molecule has 1 fully saturated rings. The molecule has 0 saturated carbocycles. The van der Waals surface area contributed by atoms with Crippen LogP contribution in [0.15, 0.2) is 29.2 Å². The maximum atomic E-state index is 12.5. The van der Waals surface area contributed by atoms with Crippen molar-refractivity contribution in [2.75, 3.05) is 13.1 Å². The first-order chi connectivity index (χ1) is 9.57. The van der Waals surface area contributed by atoms with Gasteiger partial charge in [-0.3, -0.25) is 0 Å². The lowest BCUT2D eigenvalue weighted by atomic mass is 10.0. The Morgan fingerprint density at radius 2 is 2.05 bits per heavy atom. The Labute approximate surface area is 121 Å². The number of rotatable bonds is 4. The first kappa shape index (κ1) is 15.0. The molecule has 4 nitrogen and oxygen atoms in total. The lowest BCUT2D eigenvalue weighted by Gasteiger charge is -2.28. The molecule has 1 aromatic rings. The molecular weight excluding hydrogens is 272 g/mol. The minimum absolute atomic E-state index is 0.183. The van der Waals surface area contributed by atoms with Crippen LogP contribution in [0.2, 0.25) is 0 Å². The van der Waals surface area contributed by atoms with Crippen LogP contribution in [0.4, 0.5) is 0 Å². The molecule has 1 atom stereocenters. The van der Waals surface area contributed by atoms with Gasteiger partial charge >= 0.3 is 0 Å². The zero-order valence-corrected chi connectivity index (χ0v) is 12.6. The van der Waals surface area contributed by atoms with Crippen LogP contribution in [0.3, 0.4) is 0 Å². The first-order valence-corrected chi connectivity index (χ1v) is 8.50. The second kappa shape index (κ2) is 6.38. The van der Waals surface area contributed by atoms with E-state index in [1.54, 1.807) is 12.1 Å². The Kier molecular flexibility index (Phi) is 4.79. The van der Waals surface area contributed by atoms with Gasteiger partial charge in [-0.1, -0.05) is 25.5 Å². The molecule has 0 N–H and O–H groups in total. The Morgan fingerprint density at radius 3 is 2.65 bits per heavy atom. The van der Waals surface area contributed by atoms with Gasteiger partial charge in [-0.2, -0.15) is 9.57 Å². The van der Waals surface area contributed by atoms with Gasteiger partial charge in [0.25, 0.3) is 0 Å². The van der Waals surface area contributed by atoms with Gasteiger partial charge in [0.05, 0.1) is 16.9 Å². The van der Waals surface area contributed by atoms with Crippen LogP contribution in [0.1, 0.15) is 31.7 Å². The van der Waals surface area contributed by atoms with Crippen molar-refractivity contribution in [1.29, 1.82) is 5.26 Å². The molecule has 0 aromatic heterocycles. The monoisotopic (exact) mass is 292 g/mol. The Hall–Kier alpha value is -1.38. The number of nitrogens with zero attached hydrogens (tertiary/aromatic N) is 2. The Morgan fingerprint density at radius 1 is 1.35 bits per heavy atom. The fraction of sp³-hybridized carbons (Fsp3) is 0.533. The third-order valence-corrected chi connectivity index (χ3v) is 5.55. The Balaban J connectivity index is 2.19. The summed E-state index contributed by atoms with van der Waals surface area (Å²) in [4.78, 5) is 0.330. The summed E-state index contributed by atoms with van der Waals surface area (Å²) < 4.78 is 26.5. The van der Waals surface area contributed by atoms with Gasteiger partial charge in [-0.25, -0.2) is 8.42 Å². The highest BCUT2D eigenvalue weighted by Crippen LogP contribution is 2.23. The summed E-state index contributed by atoms with van der Waals surface area (Å²) in [6.07, 6.45) is 3.55. The van der Waals surface area contributed by atoms with Crippen molar-refractivity contribution in [3.8, 4) is 6.07 Å². The van der Waals surface area contributed by atoms with Crippen molar-refractivity contribution in [3.05, 3.63) is 29.8 Å². The highest BCUT2D eigenvalue weighted by atomic mass is 32.2. The molecule has 1 unspecified atom stereocenters. The van der Waals surface area contributed by atoms with Crippen molar-refractivity contribution in [3.63, 3.8) is 0 Å². The van der Waals surface area contributed by atoms with Crippen LogP contribution in [0.5, 0.6) is 0 Å². The molecule has 5 heteroatoms. The van der Waals surface area contributed by atoms with Gasteiger partial charge in [-0.15, -0.1) is 0 Å². The van der Waals surface area contributed by atoms with E-state index in [4.69, 9.17) is 5.26 Å². The third-order valence-electron chi connectivity index (χ3n) is 3.67. The summed E-state index contributed by atoms with van der Waals surface area (Å²) in [6, 6.07) is 9.29. The van der Waals surface area contributed by atoms with E-state index in [1.807, 2.05) is 12.1 Å². The van der Waals surface area contributed by atoms with Crippen molar-refractivity contribution in [1.82, 2.24) is 4.31 Å². The summed E-state index contributed by atoms with van der Waals surface area (Å²) in [7, 11) is -3.45. The zero-order chi connectivity index (χ0) is 14.6. The van der Waals surface area contributed by atoms with Crippen LogP contribution in [-0.4, -0.2) is 25.8 Å². The van der Waals surface area contributed by atoms with E-state index in [9.17, 15) is 8.42 Å². The largest absolute Gasteiger partial charge is 0.243 e. The smallest absolute Gasteiger partial charge is 0.207 e. The molecule has 2 rings (SSSR count). The minimum Gasteiger partial charge on any atom is -0.207 e. The molecule has 1 aliphatic rings. The molecular formula is C15H20N2O2S. The highest BCUT2D eigenvalue weighted by Gasteiger charge is 2.30. The summed E-state index contributed by atoms with van der Waals surface area (Å²) >= 11 is 0. The highest BCUT2D eigenvalue weighted by molar-refractivity contribution is 7.89. The van der Waals surface area contributed by atoms with E-state index < -0.39 is 10.0 Å². The molecule has 108 valence electrons. The van der Waals surface area contributed by atoms with Crippen molar-refractivity contribution in [2.45, 2.75) is 37.5 Å². The Bertz CT molecular complexity index is 587. The predicted octanol–water partition coefficient (Wildman–Crippen LogP) is 2.56. The maximum Gasteiger partial charge on any atom is 0.243 e. The second-order valence-corrected chi connectivity index (χ2v) is 7.16. The van der Waals surface area contributed by atoms with E-state index in [-0.39, 0.29) is 5.92 Å². The quantitative estimate of drug-likeness (QED) is 0.857.